The van der Waals surface area contributed by atoms with Gasteiger partial charge in [-0.25, -0.2) is 18.7 Å². The number of hydrogen-bond donors (Lipinski definition) is 0. The van der Waals surface area contributed by atoms with E-state index >= 15 is 0 Å². The molecule has 2 atom stereocenters. The molecule has 25 heavy (non-hydrogen) atoms. The molecule has 3 aliphatic rings. The van der Waals surface area contributed by atoms with Gasteiger partial charge in [-0.3, -0.25) is 4.79 Å². The summed E-state index contributed by atoms with van der Waals surface area (Å²) in [6.45, 7) is 1.41. The molecule has 7 nitrogen and oxygen atoms in total. The molecule has 0 aliphatic carbocycles. The van der Waals surface area contributed by atoms with Crippen molar-refractivity contribution in [3.63, 3.8) is 0 Å². The molecule has 1 aromatic rings. The van der Waals surface area contributed by atoms with Crippen molar-refractivity contribution in [1.82, 2.24) is 14.9 Å². The Morgan fingerprint density at radius 1 is 1.40 bits per heavy atom. The highest BCUT2D eigenvalue weighted by molar-refractivity contribution is 5.78. The van der Waals surface area contributed by atoms with Crippen molar-refractivity contribution in [3.05, 3.63) is 12.4 Å². The Labute approximate surface area is 143 Å². The number of carbonyl (C=O) groups excluding carboxylic acids is 1. The lowest BCUT2D eigenvalue weighted by Crippen LogP contribution is -2.59. The standard InChI is InChI=1S/C16H20F2N4O3/c1-24-13-2-12(19-10-20-13)21-4-11-5-25-9-15(11,6-21)3-14(23)22-7-16(17,18)8-22/h2,10-11H,3-9H2,1H3/t11-,15+/m1/s1. The maximum Gasteiger partial charge on any atom is 0.282 e. The number of fused-ring (bicyclic) bond motifs is 1. The van der Waals surface area contributed by atoms with Crippen molar-refractivity contribution in [2.75, 3.05) is 51.4 Å². The van der Waals surface area contributed by atoms with E-state index in [-0.39, 0.29) is 23.7 Å². The maximum atomic E-state index is 13.0. The number of rotatable bonds is 4. The van der Waals surface area contributed by atoms with Crippen LogP contribution in [0.1, 0.15) is 6.42 Å². The van der Waals surface area contributed by atoms with E-state index in [1.54, 1.807) is 13.2 Å². The van der Waals surface area contributed by atoms with Crippen LogP contribution in [0.2, 0.25) is 0 Å². The first-order valence-electron chi connectivity index (χ1n) is 8.25. The van der Waals surface area contributed by atoms with E-state index < -0.39 is 19.0 Å². The summed E-state index contributed by atoms with van der Waals surface area (Å²) in [4.78, 5) is 24.0. The summed E-state index contributed by atoms with van der Waals surface area (Å²) in [5.74, 6) is -1.56. The average molecular weight is 354 g/mol. The van der Waals surface area contributed by atoms with Gasteiger partial charge in [0.05, 0.1) is 33.4 Å². The molecular weight excluding hydrogens is 334 g/mol. The normalized spacial score (nSPS) is 30.1. The molecule has 0 aromatic carbocycles. The van der Waals surface area contributed by atoms with Crippen LogP contribution in [-0.2, 0) is 9.53 Å². The third-order valence-electron chi connectivity index (χ3n) is 5.38. The van der Waals surface area contributed by atoms with Gasteiger partial charge in [0, 0.05) is 36.9 Å². The number of likely N-dealkylation sites (tertiary alicyclic amines) is 1. The van der Waals surface area contributed by atoms with E-state index in [4.69, 9.17) is 9.47 Å². The first-order chi connectivity index (χ1) is 11.9. The zero-order valence-corrected chi connectivity index (χ0v) is 14.0. The summed E-state index contributed by atoms with van der Waals surface area (Å²) in [7, 11) is 1.54. The molecule has 9 heteroatoms. The van der Waals surface area contributed by atoms with Gasteiger partial charge in [0.25, 0.3) is 5.92 Å². The van der Waals surface area contributed by atoms with Crippen LogP contribution in [0.15, 0.2) is 12.4 Å². The predicted octanol–water partition coefficient (Wildman–Crippen LogP) is 0.806. The third-order valence-corrected chi connectivity index (χ3v) is 5.38. The Hall–Kier alpha value is -2.03. The SMILES string of the molecule is COc1cc(N2C[C@@H]3COC[C@]3(CC(=O)N3CC(F)(F)C3)C2)ncn1. The second-order valence-corrected chi connectivity index (χ2v) is 7.16. The van der Waals surface area contributed by atoms with E-state index in [1.165, 1.54) is 11.2 Å². The minimum Gasteiger partial charge on any atom is -0.481 e. The minimum atomic E-state index is -2.74. The lowest BCUT2D eigenvalue weighted by atomic mass is 9.77. The molecule has 0 bridgehead atoms. The summed E-state index contributed by atoms with van der Waals surface area (Å²) in [6.07, 6.45) is 1.67. The van der Waals surface area contributed by atoms with E-state index in [2.05, 4.69) is 14.9 Å². The number of carbonyl (C=O) groups is 1. The highest BCUT2D eigenvalue weighted by Crippen LogP contribution is 2.46. The van der Waals surface area contributed by atoms with Gasteiger partial charge in [0.2, 0.25) is 11.8 Å². The van der Waals surface area contributed by atoms with Crippen molar-refractivity contribution in [1.29, 1.82) is 0 Å². The molecule has 1 amide bonds. The van der Waals surface area contributed by atoms with Crippen LogP contribution in [-0.4, -0.2) is 73.2 Å². The molecule has 3 fully saturated rings. The van der Waals surface area contributed by atoms with Crippen molar-refractivity contribution in [2.24, 2.45) is 11.3 Å². The number of halogens is 2. The van der Waals surface area contributed by atoms with Crippen LogP contribution in [0.3, 0.4) is 0 Å². The van der Waals surface area contributed by atoms with Crippen LogP contribution in [0.25, 0.3) is 0 Å². The summed E-state index contributed by atoms with van der Waals surface area (Å²) < 4.78 is 36.8. The molecule has 0 spiro atoms. The molecule has 3 aliphatic heterocycles. The minimum absolute atomic E-state index is 0.180. The summed E-state index contributed by atoms with van der Waals surface area (Å²) >= 11 is 0. The Morgan fingerprint density at radius 2 is 2.20 bits per heavy atom. The van der Waals surface area contributed by atoms with Crippen LogP contribution in [0.5, 0.6) is 5.88 Å². The number of nitrogens with zero attached hydrogens (tertiary/aromatic N) is 4. The van der Waals surface area contributed by atoms with Crippen molar-refractivity contribution >= 4 is 11.7 Å². The number of ether oxygens (including phenoxy) is 2. The highest BCUT2D eigenvalue weighted by Gasteiger charge is 2.54. The van der Waals surface area contributed by atoms with E-state index in [9.17, 15) is 13.6 Å². The quantitative estimate of drug-likeness (QED) is 0.797. The first kappa shape index (κ1) is 16.4. The Balaban J connectivity index is 1.48. The van der Waals surface area contributed by atoms with Crippen LogP contribution < -0.4 is 9.64 Å². The molecule has 136 valence electrons. The Morgan fingerprint density at radius 3 is 2.92 bits per heavy atom. The number of alkyl halides is 2. The molecule has 4 heterocycles. The summed E-state index contributed by atoms with van der Waals surface area (Å²) in [5.41, 5.74) is -0.347. The summed E-state index contributed by atoms with van der Waals surface area (Å²) in [5, 5.41) is 0. The van der Waals surface area contributed by atoms with E-state index in [1.807, 2.05) is 0 Å². The molecule has 3 saturated heterocycles. The average Bonchev–Trinajstić information content (AvgIpc) is 3.09. The molecule has 4 rings (SSSR count). The van der Waals surface area contributed by atoms with Crippen LogP contribution in [0.4, 0.5) is 14.6 Å². The van der Waals surface area contributed by atoms with Gasteiger partial charge in [-0.15, -0.1) is 0 Å². The van der Waals surface area contributed by atoms with Crippen LogP contribution >= 0.6 is 0 Å². The summed E-state index contributed by atoms with van der Waals surface area (Å²) in [6, 6.07) is 1.76. The van der Waals surface area contributed by atoms with E-state index in [0.717, 1.165) is 5.82 Å². The van der Waals surface area contributed by atoms with Crippen molar-refractivity contribution in [2.45, 2.75) is 12.3 Å². The lowest BCUT2D eigenvalue weighted by Gasteiger charge is -2.40. The van der Waals surface area contributed by atoms with Crippen molar-refractivity contribution < 1.29 is 23.0 Å². The maximum absolute atomic E-state index is 13.0. The number of aromatic nitrogens is 2. The van der Waals surface area contributed by atoms with Gasteiger partial charge in [-0.2, -0.15) is 0 Å². The van der Waals surface area contributed by atoms with E-state index in [0.29, 0.717) is 32.2 Å². The fourth-order valence-electron chi connectivity index (χ4n) is 3.97. The fourth-order valence-corrected chi connectivity index (χ4v) is 3.97. The van der Waals surface area contributed by atoms with Gasteiger partial charge < -0.3 is 19.3 Å². The smallest absolute Gasteiger partial charge is 0.282 e. The molecular formula is C16H20F2N4O3. The fraction of sp³-hybridized carbons (Fsp3) is 0.688. The van der Waals surface area contributed by atoms with Gasteiger partial charge >= 0.3 is 0 Å². The van der Waals surface area contributed by atoms with Gasteiger partial charge in [0.1, 0.15) is 12.1 Å². The topological polar surface area (TPSA) is 67.8 Å². The molecule has 0 radical (unpaired) electrons. The van der Waals surface area contributed by atoms with Gasteiger partial charge in [-0.1, -0.05) is 0 Å². The van der Waals surface area contributed by atoms with Gasteiger partial charge in [-0.05, 0) is 0 Å². The number of anilines is 1. The zero-order chi connectivity index (χ0) is 17.7. The second kappa shape index (κ2) is 5.76. The highest BCUT2D eigenvalue weighted by atomic mass is 19.3. The molecule has 0 saturated carbocycles. The van der Waals surface area contributed by atoms with Crippen LogP contribution in [0, 0.1) is 11.3 Å². The third kappa shape index (κ3) is 2.90. The largest absolute Gasteiger partial charge is 0.481 e. The monoisotopic (exact) mass is 354 g/mol. The Bertz CT molecular complexity index is 681. The number of methoxy groups -OCH3 is 1. The molecule has 0 unspecified atom stereocenters. The predicted molar refractivity (Wildman–Crippen MR) is 83.7 cm³/mol. The number of amides is 1. The zero-order valence-electron chi connectivity index (χ0n) is 14.0. The first-order valence-corrected chi connectivity index (χ1v) is 8.25. The lowest BCUT2D eigenvalue weighted by molar-refractivity contribution is -0.168. The second-order valence-electron chi connectivity index (χ2n) is 7.16. The number of hydrogen-bond acceptors (Lipinski definition) is 6. The molecule has 0 N–H and O–H groups in total. The van der Waals surface area contributed by atoms with Gasteiger partial charge in [0.15, 0.2) is 0 Å². The van der Waals surface area contributed by atoms with Crippen molar-refractivity contribution in [3.8, 4) is 5.88 Å². The molecule has 1 aromatic heterocycles. The Kier molecular flexibility index (Phi) is 3.78.